The quantitative estimate of drug-likeness (QED) is 0.819. The Labute approximate surface area is 95.4 Å². The summed E-state index contributed by atoms with van der Waals surface area (Å²) in [5, 5.41) is 9.00. The number of hydrogen-bond acceptors (Lipinski definition) is 5. The summed E-state index contributed by atoms with van der Waals surface area (Å²) in [6.45, 7) is 2.58. The van der Waals surface area contributed by atoms with Crippen LogP contribution >= 0.6 is 0 Å². The van der Waals surface area contributed by atoms with Crippen molar-refractivity contribution in [3.8, 4) is 6.07 Å². The maximum absolute atomic E-state index is 9.00. The van der Waals surface area contributed by atoms with E-state index in [4.69, 9.17) is 15.7 Å². The molecule has 5 heteroatoms. The first-order valence-electron chi connectivity index (χ1n) is 4.97. The number of methoxy groups -OCH3 is 1. The van der Waals surface area contributed by atoms with Gasteiger partial charge in [0.25, 0.3) is 0 Å². The van der Waals surface area contributed by atoms with Crippen molar-refractivity contribution < 1.29 is 4.74 Å². The lowest BCUT2D eigenvalue weighted by Gasteiger charge is -2.26. The van der Waals surface area contributed by atoms with Crippen molar-refractivity contribution in [1.82, 2.24) is 4.98 Å². The van der Waals surface area contributed by atoms with E-state index in [0.717, 1.165) is 0 Å². The van der Waals surface area contributed by atoms with Crippen LogP contribution < -0.4 is 10.6 Å². The molecule has 0 aliphatic carbocycles. The molecular formula is C11H16N4O. The van der Waals surface area contributed by atoms with Crippen LogP contribution in [0.3, 0.4) is 0 Å². The fourth-order valence-corrected chi connectivity index (χ4v) is 1.40. The van der Waals surface area contributed by atoms with Crippen molar-refractivity contribution in [3.05, 3.63) is 17.8 Å². The molecule has 1 rings (SSSR count). The summed E-state index contributed by atoms with van der Waals surface area (Å²) in [5.41, 5.74) is 6.55. The summed E-state index contributed by atoms with van der Waals surface area (Å²) in [7, 11) is 3.52. The Morgan fingerprint density at radius 1 is 1.69 bits per heavy atom. The number of aromatic nitrogens is 1. The standard InChI is InChI=1S/C11H16N4O/c1-8(7-16-3)15(2)11-9(5-12)4-10(13)6-14-11/h4,6,8H,7,13H2,1-3H3. The number of anilines is 2. The van der Waals surface area contributed by atoms with Gasteiger partial charge < -0.3 is 15.4 Å². The van der Waals surface area contributed by atoms with Gasteiger partial charge in [-0.05, 0) is 13.0 Å². The molecule has 86 valence electrons. The summed E-state index contributed by atoms with van der Waals surface area (Å²) >= 11 is 0. The van der Waals surface area contributed by atoms with Crippen LogP contribution in [0.5, 0.6) is 0 Å². The summed E-state index contributed by atoms with van der Waals surface area (Å²) < 4.78 is 5.07. The van der Waals surface area contributed by atoms with Gasteiger partial charge in [-0.3, -0.25) is 0 Å². The molecule has 0 spiro atoms. The van der Waals surface area contributed by atoms with Crippen molar-refractivity contribution in [1.29, 1.82) is 5.26 Å². The van der Waals surface area contributed by atoms with Crippen molar-refractivity contribution in [2.45, 2.75) is 13.0 Å². The van der Waals surface area contributed by atoms with Crippen LogP contribution in [0.15, 0.2) is 12.3 Å². The molecule has 0 amide bonds. The fourth-order valence-electron chi connectivity index (χ4n) is 1.40. The first kappa shape index (κ1) is 12.3. The van der Waals surface area contributed by atoms with Gasteiger partial charge in [0.05, 0.1) is 30.1 Å². The highest BCUT2D eigenvalue weighted by atomic mass is 16.5. The van der Waals surface area contributed by atoms with E-state index in [0.29, 0.717) is 23.7 Å². The van der Waals surface area contributed by atoms with Gasteiger partial charge in [-0.15, -0.1) is 0 Å². The number of nitrogen functional groups attached to an aromatic ring is 1. The number of likely N-dealkylation sites (N-methyl/N-ethyl adjacent to an activating group) is 1. The molecule has 5 nitrogen and oxygen atoms in total. The van der Waals surface area contributed by atoms with Gasteiger partial charge in [0.15, 0.2) is 0 Å². The highest BCUT2D eigenvalue weighted by Gasteiger charge is 2.14. The molecule has 0 fully saturated rings. The zero-order chi connectivity index (χ0) is 12.1. The minimum atomic E-state index is 0.147. The predicted octanol–water partition coefficient (Wildman–Crippen LogP) is 1.01. The highest BCUT2D eigenvalue weighted by Crippen LogP contribution is 2.19. The molecule has 0 radical (unpaired) electrons. The minimum Gasteiger partial charge on any atom is -0.397 e. The van der Waals surface area contributed by atoms with Gasteiger partial charge in [0, 0.05) is 14.2 Å². The Kier molecular flexibility index (Phi) is 4.09. The normalized spacial score (nSPS) is 11.9. The average Bonchev–Trinajstić information content (AvgIpc) is 2.28. The second-order valence-electron chi connectivity index (χ2n) is 3.67. The molecule has 0 saturated heterocycles. The molecular weight excluding hydrogens is 204 g/mol. The highest BCUT2D eigenvalue weighted by molar-refractivity contribution is 5.58. The third-order valence-corrected chi connectivity index (χ3v) is 2.41. The van der Waals surface area contributed by atoms with E-state index < -0.39 is 0 Å². The lowest BCUT2D eigenvalue weighted by molar-refractivity contribution is 0.183. The molecule has 1 atom stereocenters. The molecule has 1 unspecified atom stereocenters. The molecule has 1 heterocycles. The number of nitriles is 1. The molecule has 16 heavy (non-hydrogen) atoms. The summed E-state index contributed by atoms with van der Waals surface area (Å²) in [6, 6.07) is 3.86. The van der Waals surface area contributed by atoms with E-state index in [1.165, 1.54) is 0 Å². The lowest BCUT2D eigenvalue weighted by atomic mass is 10.2. The first-order valence-corrected chi connectivity index (χ1v) is 4.97. The lowest BCUT2D eigenvalue weighted by Crippen LogP contribution is -2.33. The third kappa shape index (κ3) is 2.61. The van der Waals surface area contributed by atoms with E-state index in [-0.39, 0.29) is 6.04 Å². The predicted molar refractivity (Wildman–Crippen MR) is 63.1 cm³/mol. The van der Waals surface area contributed by atoms with E-state index in [1.54, 1.807) is 19.4 Å². The third-order valence-electron chi connectivity index (χ3n) is 2.41. The van der Waals surface area contributed by atoms with Crippen molar-refractivity contribution in [2.75, 3.05) is 31.4 Å². The topological polar surface area (TPSA) is 75.2 Å². The van der Waals surface area contributed by atoms with Crippen LogP contribution in [0.4, 0.5) is 11.5 Å². The Morgan fingerprint density at radius 3 is 2.94 bits per heavy atom. The van der Waals surface area contributed by atoms with Gasteiger partial charge in [-0.2, -0.15) is 5.26 Å². The minimum absolute atomic E-state index is 0.147. The van der Waals surface area contributed by atoms with Gasteiger partial charge in [-0.1, -0.05) is 0 Å². The summed E-state index contributed by atoms with van der Waals surface area (Å²) in [6.07, 6.45) is 1.55. The van der Waals surface area contributed by atoms with Crippen LogP contribution in [0, 0.1) is 11.3 Å². The Hall–Kier alpha value is -1.80. The maximum Gasteiger partial charge on any atom is 0.146 e. The molecule has 1 aromatic rings. The second kappa shape index (κ2) is 5.33. The molecule has 2 N–H and O–H groups in total. The van der Waals surface area contributed by atoms with Gasteiger partial charge in [0.2, 0.25) is 0 Å². The molecule has 0 aromatic carbocycles. The zero-order valence-electron chi connectivity index (χ0n) is 9.77. The van der Waals surface area contributed by atoms with Gasteiger partial charge in [0.1, 0.15) is 11.9 Å². The van der Waals surface area contributed by atoms with E-state index in [9.17, 15) is 0 Å². The number of rotatable bonds is 4. The average molecular weight is 220 g/mol. The number of nitrogens with two attached hydrogens (primary N) is 1. The molecule has 0 bridgehead atoms. The Bertz CT molecular complexity index is 399. The number of pyridine rings is 1. The van der Waals surface area contributed by atoms with Crippen molar-refractivity contribution in [3.63, 3.8) is 0 Å². The molecule has 1 aromatic heterocycles. The van der Waals surface area contributed by atoms with Crippen LogP contribution in [-0.4, -0.2) is 31.8 Å². The van der Waals surface area contributed by atoms with E-state index in [1.807, 2.05) is 18.9 Å². The molecule has 0 aliphatic rings. The summed E-state index contributed by atoms with van der Waals surface area (Å²) in [4.78, 5) is 6.08. The number of hydrogen-bond donors (Lipinski definition) is 1. The van der Waals surface area contributed by atoms with Gasteiger partial charge in [-0.25, -0.2) is 4.98 Å². The first-order chi connectivity index (χ1) is 7.60. The Balaban J connectivity index is 2.99. The molecule has 0 saturated carbocycles. The monoisotopic (exact) mass is 220 g/mol. The fraction of sp³-hybridized carbons (Fsp3) is 0.455. The number of nitrogens with zero attached hydrogens (tertiary/aromatic N) is 3. The van der Waals surface area contributed by atoms with Crippen LogP contribution in [0.25, 0.3) is 0 Å². The van der Waals surface area contributed by atoms with E-state index in [2.05, 4.69) is 11.1 Å². The number of ether oxygens (including phenoxy) is 1. The van der Waals surface area contributed by atoms with Crippen molar-refractivity contribution in [2.24, 2.45) is 0 Å². The summed E-state index contributed by atoms with van der Waals surface area (Å²) in [5.74, 6) is 0.626. The molecule has 0 aliphatic heterocycles. The Morgan fingerprint density at radius 2 is 2.38 bits per heavy atom. The van der Waals surface area contributed by atoms with E-state index >= 15 is 0 Å². The van der Waals surface area contributed by atoms with Gasteiger partial charge >= 0.3 is 0 Å². The van der Waals surface area contributed by atoms with Crippen LogP contribution in [-0.2, 0) is 4.74 Å². The van der Waals surface area contributed by atoms with Crippen molar-refractivity contribution >= 4 is 11.5 Å². The largest absolute Gasteiger partial charge is 0.397 e. The zero-order valence-corrected chi connectivity index (χ0v) is 9.77. The maximum atomic E-state index is 9.00. The second-order valence-corrected chi connectivity index (χ2v) is 3.67. The van der Waals surface area contributed by atoms with Crippen LogP contribution in [0.1, 0.15) is 12.5 Å². The van der Waals surface area contributed by atoms with Crippen LogP contribution in [0.2, 0.25) is 0 Å². The smallest absolute Gasteiger partial charge is 0.146 e. The SMILES string of the molecule is COCC(C)N(C)c1ncc(N)cc1C#N.